The number of likely N-dealkylation sites (tertiary alicyclic amines) is 1. The van der Waals surface area contributed by atoms with Gasteiger partial charge in [0.1, 0.15) is 5.76 Å². The lowest BCUT2D eigenvalue weighted by molar-refractivity contribution is -0.137. The minimum atomic E-state index is -0.832. The Morgan fingerprint density at radius 2 is 2.23 bits per heavy atom. The molecule has 2 amide bonds. The lowest BCUT2D eigenvalue weighted by Crippen LogP contribution is -2.33. The van der Waals surface area contributed by atoms with Gasteiger partial charge in [-0.1, -0.05) is 0 Å². The fourth-order valence-corrected chi connectivity index (χ4v) is 2.45. The van der Waals surface area contributed by atoms with Gasteiger partial charge in [0, 0.05) is 25.9 Å². The Morgan fingerprint density at radius 3 is 2.91 bits per heavy atom. The zero-order chi connectivity index (χ0) is 15.9. The average molecular weight is 308 g/mol. The van der Waals surface area contributed by atoms with Crippen molar-refractivity contribution in [1.29, 1.82) is 0 Å². The molecule has 2 N–H and O–H groups in total. The second kappa shape index (κ2) is 7.63. The zero-order valence-corrected chi connectivity index (χ0v) is 12.3. The van der Waals surface area contributed by atoms with Gasteiger partial charge in [0.15, 0.2) is 0 Å². The maximum absolute atomic E-state index is 12.0. The second-order valence-electron chi connectivity index (χ2n) is 5.40. The number of unbranched alkanes of at least 4 members (excludes halogenated alkanes) is 1. The number of nitrogens with one attached hydrogen (secondary N) is 1. The van der Waals surface area contributed by atoms with Gasteiger partial charge in [-0.3, -0.25) is 14.4 Å². The predicted octanol–water partition coefficient (Wildman–Crippen LogP) is 0.999. The van der Waals surface area contributed by atoms with Crippen molar-refractivity contribution in [2.24, 2.45) is 5.92 Å². The van der Waals surface area contributed by atoms with Gasteiger partial charge in [-0.25, -0.2) is 0 Å². The molecule has 1 aromatic heterocycles. The van der Waals surface area contributed by atoms with Crippen molar-refractivity contribution in [3.8, 4) is 0 Å². The molecular formula is C15H20N2O5. The van der Waals surface area contributed by atoms with Crippen molar-refractivity contribution in [2.45, 2.75) is 32.2 Å². The van der Waals surface area contributed by atoms with Gasteiger partial charge >= 0.3 is 5.97 Å². The smallest absolute Gasteiger partial charge is 0.303 e. The summed E-state index contributed by atoms with van der Waals surface area (Å²) in [5.74, 6) is -0.681. The van der Waals surface area contributed by atoms with Crippen LogP contribution in [-0.2, 0) is 20.9 Å². The summed E-state index contributed by atoms with van der Waals surface area (Å²) in [6.45, 7) is 1.21. The van der Waals surface area contributed by atoms with E-state index in [2.05, 4.69) is 5.32 Å². The second-order valence-corrected chi connectivity index (χ2v) is 5.40. The first kappa shape index (κ1) is 16.1. The van der Waals surface area contributed by atoms with E-state index in [9.17, 15) is 14.4 Å². The van der Waals surface area contributed by atoms with Crippen LogP contribution in [0.5, 0.6) is 0 Å². The molecule has 0 bridgehead atoms. The van der Waals surface area contributed by atoms with E-state index in [-0.39, 0.29) is 30.6 Å². The summed E-state index contributed by atoms with van der Waals surface area (Å²) >= 11 is 0. The van der Waals surface area contributed by atoms with E-state index in [1.54, 1.807) is 23.3 Å². The quantitative estimate of drug-likeness (QED) is 0.698. The number of carboxylic acid groups (broad SMARTS) is 1. The lowest BCUT2D eigenvalue weighted by Gasteiger charge is -2.15. The molecule has 1 aliphatic rings. The van der Waals surface area contributed by atoms with E-state index >= 15 is 0 Å². The molecule has 0 aliphatic carbocycles. The van der Waals surface area contributed by atoms with Crippen LogP contribution in [0.15, 0.2) is 22.8 Å². The number of furan rings is 1. The van der Waals surface area contributed by atoms with E-state index in [0.717, 1.165) is 0 Å². The molecule has 1 aromatic rings. The van der Waals surface area contributed by atoms with E-state index in [1.807, 2.05) is 0 Å². The Kier molecular flexibility index (Phi) is 5.57. The molecule has 0 saturated carbocycles. The Bertz CT molecular complexity index is 526. The summed E-state index contributed by atoms with van der Waals surface area (Å²) in [4.78, 5) is 35.9. The molecule has 7 nitrogen and oxygen atoms in total. The molecule has 1 atom stereocenters. The Labute approximate surface area is 128 Å². The highest BCUT2D eigenvalue weighted by atomic mass is 16.4. The largest absolute Gasteiger partial charge is 0.481 e. The molecule has 2 heterocycles. The Morgan fingerprint density at radius 1 is 1.41 bits per heavy atom. The van der Waals surface area contributed by atoms with Crippen LogP contribution in [-0.4, -0.2) is 40.9 Å². The van der Waals surface area contributed by atoms with Gasteiger partial charge in [0.25, 0.3) is 0 Å². The van der Waals surface area contributed by atoms with Gasteiger partial charge in [0.2, 0.25) is 11.8 Å². The van der Waals surface area contributed by atoms with Gasteiger partial charge in [-0.2, -0.15) is 0 Å². The van der Waals surface area contributed by atoms with Gasteiger partial charge in [-0.15, -0.1) is 0 Å². The van der Waals surface area contributed by atoms with Crippen molar-refractivity contribution in [1.82, 2.24) is 10.2 Å². The molecule has 1 fully saturated rings. The van der Waals surface area contributed by atoms with Crippen LogP contribution in [0.3, 0.4) is 0 Å². The molecule has 0 radical (unpaired) electrons. The molecule has 0 aromatic carbocycles. The standard InChI is InChI=1S/C15H20N2O5/c18-13-8-11(9-17(13)10-12-4-3-7-22-12)15(21)16-6-2-1-5-14(19)20/h3-4,7,11H,1-2,5-6,8-10H2,(H,16,21)(H,19,20). The molecule has 7 heteroatoms. The highest BCUT2D eigenvalue weighted by molar-refractivity contribution is 5.89. The van der Waals surface area contributed by atoms with E-state index < -0.39 is 5.97 Å². The first-order valence-corrected chi connectivity index (χ1v) is 7.36. The van der Waals surface area contributed by atoms with E-state index in [1.165, 1.54) is 0 Å². The highest BCUT2D eigenvalue weighted by Crippen LogP contribution is 2.20. The molecule has 120 valence electrons. The number of hydrogen-bond donors (Lipinski definition) is 2. The topological polar surface area (TPSA) is 99.8 Å². The number of nitrogens with zero attached hydrogens (tertiary/aromatic N) is 1. The first-order valence-electron chi connectivity index (χ1n) is 7.36. The number of carboxylic acids is 1. The van der Waals surface area contributed by atoms with E-state index in [4.69, 9.17) is 9.52 Å². The van der Waals surface area contributed by atoms with Crippen molar-refractivity contribution < 1.29 is 23.9 Å². The summed E-state index contributed by atoms with van der Waals surface area (Å²) in [5.41, 5.74) is 0. The summed E-state index contributed by atoms with van der Waals surface area (Å²) in [5, 5.41) is 11.3. The van der Waals surface area contributed by atoms with Gasteiger partial charge in [-0.05, 0) is 25.0 Å². The molecule has 22 heavy (non-hydrogen) atoms. The zero-order valence-electron chi connectivity index (χ0n) is 12.3. The predicted molar refractivity (Wildman–Crippen MR) is 76.7 cm³/mol. The number of rotatable bonds is 8. The van der Waals surface area contributed by atoms with Crippen LogP contribution >= 0.6 is 0 Å². The highest BCUT2D eigenvalue weighted by Gasteiger charge is 2.34. The SMILES string of the molecule is O=C(O)CCCCNC(=O)C1CC(=O)N(Cc2ccco2)C1. The molecule has 0 spiro atoms. The van der Waals surface area contributed by atoms with Crippen LogP contribution in [0.2, 0.25) is 0 Å². The molecular weight excluding hydrogens is 288 g/mol. The monoisotopic (exact) mass is 308 g/mol. The Balaban J connectivity index is 1.70. The Hall–Kier alpha value is -2.31. The normalized spacial score (nSPS) is 17.7. The molecule has 1 unspecified atom stereocenters. The summed E-state index contributed by atoms with van der Waals surface area (Å²) in [6, 6.07) is 3.56. The number of aliphatic carboxylic acids is 1. The maximum atomic E-state index is 12.0. The van der Waals surface area contributed by atoms with Crippen LogP contribution in [0, 0.1) is 5.92 Å². The van der Waals surface area contributed by atoms with Crippen LogP contribution < -0.4 is 5.32 Å². The van der Waals surface area contributed by atoms with Crippen LogP contribution in [0.4, 0.5) is 0 Å². The first-order chi connectivity index (χ1) is 10.6. The maximum Gasteiger partial charge on any atom is 0.303 e. The molecule has 1 aliphatic heterocycles. The fraction of sp³-hybridized carbons (Fsp3) is 0.533. The fourth-order valence-electron chi connectivity index (χ4n) is 2.45. The summed E-state index contributed by atoms with van der Waals surface area (Å²) in [6.07, 6.45) is 3.02. The van der Waals surface area contributed by atoms with Crippen LogP contribution in [0.1, 0.15) is 31.4 Å². The van der Waals surface area contributed by atoms with Gasteiger partial charge < -0.3 is 19.7 Å². The number of amides is 2. The minimum absolute atomic E-state index is 0.0533. The third kappa shape index (κ3) is 4.61. The third-order valence-corrected chi connectivity index (χ3v) is 3.63. The third-order valence-electron chi connectivity index (χ3n) is 3.63. The summed E-state index contributed by atoms with van der Waals surface area (Å²) in [7, 11) is 0. The van der Waals surface area contributed by atoms with Crippen molar-refractivity contribution >= 4 is 17.8 Å². The van der Waals surface area contributed by atoms with Crippen molar-refractivity contribution in [3.63, 3.8) is 0 Å². The number of carbonyl (C=O) groups is 3. The number of carbonyl (C=O) groups excluding carboxylic acids is 2. The van der Waals surface area contributed by atoms with Crippen LogP contribution in [0.25, 0.3) is 0 Å². The molecule has 1 saturated heterocycles. The average Bonchev–Trinajstić information content (AvgIpc) is 3.09. The minimum Gasteiger partial charge on any atom is -0.481 e. The number of hydrogen-bond acceptors (Lipinski definition) is 4. The van der Waals surface area contributed by atoms with Crippen molar-refractivity contribution in [2.75, 3.05) is 13.1 Å². The summed E-state index contributed by atoms with van der Waals surface area (Å²) < 4.78 is 5.21. The lowest BCUT2D eigenvalue weighted by atomic mass is 10.1. The van der Waals surface area contributed by atoms with Crippen molar-refractivity contribution in [3.05, 3.63) is 24.2 Å². The van der Waals surface area contributed by atoms with E-state index in [0.29, 0.717) is 38.2 Å². The molecule has 2 rings (SSSR count). The van der Waals surface area contributed by atoms with Gasteiger partial charge in [0.05, 0.1) is 18.7 Å².